The maximum Gasteiger partial charge on any atom is 0.308 e. The van der Waals surface area contributed by atoms with Gasteiger partial charge in [0.15, 0.2) is 18.3 Å². The second-order valence-electron chi connectivity index (χ2n) is 8.89. The second kappa shape index (κ2) is 15.1. The highest BCUT2D eigenvalue weighted by Gasteiger charge is 2.51. The molecule has 0 aliphatic carbocycles. The number of unbranched alkanes of at least 4 members (excludes halogenated alkanes) is 1. The maximum absolute atomic E-state index is 12.1. The molecule has 5 atom stereocenters. The third-order valence-electron chi connectivity index (χ3n) is 5.57. The third-order valence-corrected chi connectivity index (χ3v) is 5.57. The lowest BCUT2D eigenvalue weighted by molar-refractivity contribution is -0.245. The van der Waals surface area contributed by atoms with Crippen LogP contribution in [-0.4, -0.2) is 67.5 Å². The van der Waals surface area contributed by atoms with E-state index in [1.165, 1.54) is 39.8 Å². The molecule has 1 aliphatic heterocycles. The summed E-state index contributed by atoms with van der Waals surface area (Å²) in [6, 6.07) is 4.58. The number of carbonyl (C=O) groups is 5. The van der Waals surface area contributed by atoms with Crippen LogP contribution in [0.5, 0.6) is 11.5 Å². The lowest BCUT2D eigenvalue weighted by Crippen LogP contribution is -2.57. The summed E-state index contributed by atoms with van der Waals surface area (Å²) in [7, 11) is 0. The third kappa shape index (κ3) is 9.86. The SMILES string of the molecule is CCOC(=O)CCCCOc1cc(OC(C)=O)ccc1[C@H]1O[C@@H](C)[C@@H](OC(C)=O)[C@@H](OC(C)=O)[C@@H]1OC(C)=O. The molecular formula is C27H36O12. The number of benzene rings is 1. The zero-order valence-corrected chi connectivity index (χ0v) is 23.1. The van der Waals surface area contributed by atoms with Gasteiger partial charge in [-0.15, -0.1) is 0 Å². The van der Waals surface area contributed by atoms with E-state index in [1.807, 2.05) is 0 Å². The number of carbonyl (C=O) groups excluding carboxylic acids is 5. The molecule has 12 heteroatoms. The Hall–Kier alpha value is -3.67. The molecule has 216 valence electrons. The highest BCUT2D eigenvalue weighted by atomic mass is 16.6. The van der Waals surface area contributed by atoms with Gasteiger partial charge in [0.05, 0.1) is 19.3 Å². The summed E-state index contributed by atoms with van der Waals surface area (Å²) in [6.45, 7) is 8.69. The van der Waals surface area contributed by atoms with Gasteiger partial charge < -0.3 is 33.2 Å². The Balaban J connectivity index is 2.42. The highest BCUT2D eigenvalue weighted by Crippen LogP contribution is 2.41. The van der Waals surface area contributed by atoms with Gasteiger partial charge >= 0.3 is 29.8 Å². The predicted molar refractivity (Wildman–Crippen MR) is 134 cm³/mol. The topological polar surface area (TPSA) is 150 Å². The fraction of sp³-hybridized carbons (Fsp3) is 0.593. The predicted octanol–water partition coefficient (Wildman–Crippen LogP) is 2.98. The Morgan fingerprint density at radius 3 is 2.03 bits per heavy atom. The first kappa shape index (κ1) is 31.5. The Kier molecular flexibility index (Phi) is 12.2. The minimum atomic E-state index is -1.21. The van der Waals surface area contributed by atoms with Crippen LogP contribution in [0.3, 0.4) is 0 Å². The maximum atomic E-state index is 12.1. The van der Waals surface area contributed by atoms with Gasteiger partial charge in [-0.05, 0) is 38.8 Å². The minimum absolute atomic E-state index is 0.194. The van der Waals surface area contributed by atoms with Crippen molar-refractivity contribution in [1.29, 1.82) is 0 Å². The number of ether oxygens (including phenoxy) is 7. The van der Waals surface area contributed by atoms with E-state index in [0.717, 1.165) is 0 Å². The zero-order valence-electron chi connectivity index (χ0n) is 23.1. The van der Waals surface area contributed by atoms with Crippen molar-refractivity contribution >= 4 is 29.8 Å². The van der Waals surface area contributed by atoms with Crippen LogP contribution in [0.4, 0.5) is 0 Å². The quantitative estimate of drug-likeness (QED) is 0.162. The molecule has 12 nitrogen and oxygen atoms in total. The molecule has 0 amide bonds. The van der Waals surface area contributed by atoms with E-state index in [-0.39, 0.29) is 30.5 Å². The van der Waals surface area contributed by atoms with Crippen LogP contribution in [0.2, 0.25) is 0 Å². The lowest BCUT2D eigenvalue weighted by Gasteiger charge is -2.44. The first-order valence-corrected chi connectivity index (χ1v) is 12.7. The summed E-state index contributed by atoms with van der Waals surface area (Å²) in [6.07, 6.45) is -3.98. The summed E-state index contributed by atoms with van der Waals surface area (Å²) in [5, 5.41) is 0. The molecule has 1 fully saturated rings. The lowest BCUT2D eigenvalue weighted by atomic mass is 9.90. The second-order valence-corrected chi connectivity index (χ2v) is 8.89. The van der Waals surface area contributed by atoms with Crippen molar-refractivity contribution in [3.05, 3.63) is 23.8 Å². The van der Waals surface area contributed by atoms with E-state index < -0.39 is 54.4 Å². The summed E-state index contributed by atoms with van der Waals surface area (Å²) in [5.41, 5.74) is 0.410. The average molecular weight is 553 g/mol. The van der Waals surface area contributed by atoms with E-state index >= 15 is 0 Å². The summed E-state index contributed by atoms with van der Waals surface area (Å²) >= 11 is 0. The van der Waals surface area contributed by atoms with Crippen LogP contribution in [0.15, 0.2) is 18.2 Å². The zero-order chi connectivity index (χ0) is 29.1. The molecule has 0 N–H and O–H groups in total. The molecule has 1 aromatic rings. The first-order valence-electron chi connectivity index (χ1n) is 12.7. The van der Waals surface area contributed by atoms with Gasteiger partial charge in [0, 0.05) is 45.7 Å². The molecule has 1 aromatic carbocycles. The molecule has 0 radical (unpaired) electrons. The Labute approximate surface area is 227 Å². The average Bonchev–Trinajstić information content (AvgIpc) is 2.82. The van der Waals surface area contributed by atoms with Crippen molar-refractivity contribution in [3.63, 3.8) is 0 Å². The molecule has 1 aliphatic rings. The molecule has 0 saturated carbocycles. The largest absolute Gasteiger partial charge is 0.493 e. The summed E-state index contributed by atoms with van der Waals surface area (Å²) in [4.78, 5) is 59.0. The number of rotatable bonds is 12. The van der Waals surface area contributed by atoms with E-state index in [0.29, 0.717) is 25.0 Å². The van der Waals surface area contributed by atoms with Gasteiger partial charge in [0.1, 0.15) is 17.6 Å². The number of hydrogen-bond donors (Lipinski definition) is 0. The van der Waals surface area contributed by atoms with Crippen molar-refractivity contribution in [3.8, 4) is 11.5 Å². The summed E-state index contributed by atoms with van der Waals surface area (Å²) in [5.74, 6) is -2.37. The van der Waals surface area contributed by atoms with Crippen LogP contribution in [0, 0.1) is 0 Å². The van der Waals surface area contributed by atoms with Crippen molar-refractivity contribution in [2.24, 2.45) is 0 Å². The van der Waals surface area contributed by atoms with Crippen molar-refractivity contribution < 1.29 is 57.1 Å². The van der Waals surface area contributed by atoms with Gasteiger partial charge in [0.2, 0.25) is 0 Å². The monoisotopic (exact) mass is 552 g/mol. The Bertz CT molecular complexity index is 1040. The number of esters is 5. The Morgan fingerprint density at radius 2 is 1.44 bits per heavy atom. The van der Waals surface area contributed by atoms with Crippen molar-refractivity contribution in [2.75, 3.05) is 13.2 Å². The van der Waals surface area contributed by atoms with Gasteiger partial charge in [0.25, 0.3) is 0 Å². The van der Waals surface area contributed by atoms with Crippen LogP contribution in [-0.2, 0) is 47.7 Å². The van der Waals surface area contributed by atoms with Gasteiger partial charge in [-0.3, -0.25) is 24.0 Å². The van der Waals surface area contributed by atoms with Crippen LogP contribution in [0.1, 0.15) is 72.5 Å². The normalized spacial score (nSPS) is 22.3. The Morgan fingerprint density at radius 1 is 0.821 bits per heavy atom. The molecule has 0 unspecified atom stereocenters. The van der Waals surface area contributed by atoms with Gasteiger partial charge in [-0.2, -0.15) is 0 Å². The van der Waals surface area contributed by atoms with Crippen LogP contribution < -0.4 is 9.47 Å². The van der Waals surface area contributed by atoms with Crippen LogP contribution in [0.25, 0.3) is 0 Å². The van der Waals surface area contributed by atoms with E-state index in [9.17, 15) is 24.0 Å². The minimum Gasteiger partial charge on any atom is -0.493 e. The molecule has 0 bridgehead atoms. The molecule has 39 heavy (non-hydrogen) atoms. The van der Waals surface area contributed by atoms with Crippen molar-refractivity contribution in [1.82, 2.24) is 0 Å². The van der Waals surface area contributed by atoms with Gasteiger partial charge in [-0.25, -0.2) is 0 Å². The molecule has 1 heterocycles. The molecular weight excluding hydrogens is 516 g/mol. The van der Waals surface area contributed by atoms with E-state index in [4.69, 9.17) is 33.2 Å². The molecule has 0 spiro atoms. The summed E-state index contributed by atoms with van der Waals surface area (Å²) < 4.78 is 38.7. The van der Waals surface area contributed by atoms with E-state index in [2.05, 4.69) is 0 Å². The van der Waals surface area contributed by atoms with Crippen LogP contribution >= 0.6 is 0 Å². The fourth-order valence-corrected chi connectivity index (χ4v) is 4.15. The number of hydrogen-bond acceptors (Lipinski definition) is 12. The van der Waals surface area contributed by atoms with Gasteiger partial charge in [-0.1, -0.05) is 0 Å². The van der Waals surface area contributed by atoms with Crippen molar-refractivity contribution in [2.45, 2.75) is 91.3 Å². The molecule has 0 aromatic heterocycles. The molecule has 2 rings (SSSR count). The standard InChI is InChI=1S/C27H36O12/c1-7-33-23(32)10-8-9-13-34-22-14-20(36-16(3)28)11-12-21(22)25-27(39-19(6)31)26(38-18(5)30)24(15(2)35-25)37-17(4)29/h11-12,14-15,24-27H,7-10,13H2,1-6H3/t15-,24+,25+,26+,27+/m0/s1. The fourth-order valence-electron chi connectivity index (χ4n) is 4.15. The first-order chi connectivity index (χ1) is 18.4. The highest BCUT2D eigenvalue weighted by molar-refractivity contribution is 5.70. The smallest absolute Gasteiger partial charge is 0.308 e. The van der Waals surface area contributed by atoms with E-state index in [1.54, 1.807) is 19.9 Å². The molecule has 1 saturated heterocycles.